The van der Waals surface area contributed by atoms with Crippen LogP contribution < -0.4 is 10.6 Å². The van der Waals surface area contributed by atoms with Crippen LogP contribution in [0.3, 0.4) is 0 Å². The third kappa shape index (κ3) is 5.69. The van der Waals surface area contributed by atoms with Crippen LogP contribution in [0.5, 0.6) is 0 Å². The lowest BCUT2D eigenvalue weighted by molar-refractivity contribution is 0.596. The highest BCUT2D eigenvalue weighted by Crippen LogP contribution is 2.14. The van der Waals surface area contributed by atoms with Crippen molar-refractivity contribution in [3.05, 3.63) is 47.0 Å². The molecule has 0 radical (unpaired) electrons. The molecule has 0 unspecified atom stereocenters. The molecule has 6 nitrogen and oxygen atoms in total. The van der Waals surface area contributed by atoms with Crippen LogP contribution in [0.4, 0.5) is 0 Å². The van der Waals surface area contributed by atoms with E-state index in [1.165, 1.54) is 30.4 Å². The molecule has 1 aliphatic heterocycles. The molecule has 7 heteroatoms. The van der Waals surface area contributed by atoms with Crippen molar-refractivity contribution in [3.63, 3.8) is 0 Å². The van der Waals surface area contributed by atoms with Gasteiger partial charge in [0.1, 0.15) is 5.82 Å². The van der Waals surface area contributed by atoms with E-state index in [-0.39, 0.29) is 24.0 Å². The first-order valence-electron chi connectivity index (χ1n) is 9.25. The predicted octanol–water partition coefficient (Wildman–Crippen LogP) is 3.19. The van der Waals surface area contributed by atoms with Gasteiger partial charge < -0.3 is 15.2 Å². The monoisotopic (exact) mass is 468 g/mol. The van der Waals surface area contributed by atoms with Crippen molar-refractivity contribution < 1.29 is 0 Å². The number of aliphatic imine (C=N–C) groups is 1. The summed E-state index contributed by atoms with van der Waals surface area (Å²) in [4.78, 5) is 4.69. The maximum atomic E-state index is 4.69. The zero-order valence-electron chi connectivity index (χ0n) is 15.7. The van der Waals surface area contributed by atoms with Gasteiger partial charge in [-0.1, -0.05) is 36.2 Å². The maximum Gasteiger partial charge on any atom is 0.191 e. The number of aryl methyl sites for hydroxylation is 2. The Morgan fingerprint density at radius 2 is 2.08 bits per heavy atom. The van der Waals surface area contributed by atoms with E-state index < -0.39 is 0 Å². The predicted molar refractivity (Wildman–Crippen MR) is 116 cm³/mol. The first-order valence-corrected chi connectivity index (χ1v) is 9.25. The maximum absolute atomic E-state index is 4.69. The molecule has 3 rings (SSSR count). The summed E-state index contributed by atoms with van der Waals surface area (Å²) in [6.45, 7) is 7.34. The summed E-state index contributed by atoms with van der Waals surface area (Å²) in [6, 6.07) is 8.46. The zero-order valence-corrected chi connectivity index (χ0v) is 18.0. The van der Waals surface area contributed by atoms with Gasteiger partial charge in [0, 0.05) is 19.5 Å². The third-order valence-corrected chi connectivity index (χ3v) is 4.45. The van der Waals surface area contributed by atoms with Gasteiger partial charge in [-0.25, -0.2) is 4.99 Å². The minimum Gasteiger partial charge on any atom is -0.357 e. The standard InChI is InChI=1S/C19H28N6.HI/c1-3-20-19(21-13-16-9-7-8-15(2)12-16)22-14-18-24-23-17-10-5-4-6-11-25(17)18;/h7-9,12H,3-6,10-11,13-14H2,1-2H3,(H2,20,21,22);1H. The number of rotatable bonds is 5. The zero-order chi connectivity index (χ0) is 17.5. The fraction of sp³-hybridized carbons (Fsp3) is 0.526. The average Bonchev–Trinajstić information content (AvgIpc) is 2.84. The Morgan fingerprint density at radius 3 is 2.88 bits per heavy atom. The molecule has 0 amide bonds. The molecular weight excluding hydrogens is 439 g/mol. The first kappa shape index (κ1) is 20.7. The van der Waals surface area contributed by atoms with Gasteiger partial charge in [-0.2, -0.15) is 0 Å². The second kappa shape index (κ2) is 10.5. The van der Waals surface area contributed by atoms with Gasteiger partial charge in [0.05, 0.1) is 13.1 Å². The van der Waals surface area contributed by atoms with E-state index in [4.69, 9.17) is 4.99 Å². The fourth-order valence-electron chi connectivity index (χ4n) is 3.16. The van der Waals surface area contributed by atoms with Crippen LogP contribution in [0.1, 0.15) is 49.0 Å². The molecule has 0 fully saturated rings. The number of nitrogens with one attached hydrogen (secondary N) is 2. The molecule has 0 aliphatic carbocycles. The van der Waals surface area contributed by atoms with E-state index in [9.17, 15) is 0 Å². The molecule has 2 heterocycles. The van der Waals surface area contributed by atoms with Crippen molar-refractivity contribution in [1.29, 1.82) is 0 Å². The number of guanidine groups is 1. The topological polar surface area (TPSA) is 67.1 Å². The summed E-state index contributed by atoms with van der Waals surface area (Å²) in [5.74, 6) is 2.93. The smallest absolute Gasteiger partial charge is 0.191 e. The highest BCUT2D eigenvalue weighted by atomic mass is 127. The van der Waals surface area contributed by atoms with Crippen molar-refractivity contribution in [2.24, 2.45) is 4.99 Å². The fourth-order valence-corrected chi connectivity index (χ4v) is 3.16. The Balaban J connectivity index is 0.00000243. The lowest BCUT2D eigenvalue weighted by Gasteiger charge is -2.12. The van der Waals surface area contributed by atoms with Crippen molar-refractivity contribution in [2.45, 2.75) is 59.2 Å². The molecule has 2 aromatic rings. The number of aromatic nitrogens is 3. The summed E-state index contributed by atoms with van der Waals surface area (Å²) in [6.07, 6.45) is 4.73. The minimum absolute atomic E-state index is 0. The SMILES string of the molecule is CCNC(=NCc1cccc(C)c1)NCc1nnc2n1CCCCC2.I. The molecular formula is C19H29IN6. The number of nitrogens with zero attached hydrogens (tertiary/aromatic N) is 4. The second-order valence-electron chi connectivity index (χ2n) is 6.53. The average molecular weight is 468 g/mol. The Kier molecular flexibility index (Phi) is 8.34. The number of hydrogen-bond donors (Lipinski definition) is 2. The third-order valence-electron chi connectivity index (χ3n) is 4.45. The van der Waals surface area contributed by atoms with Gasteiger partial charge in [0.25, 0.3) is 0 Å². The summed E-state index contributed by atoms with van der Waals surface area (Å²) in [5.41, 5.74) is 2.48. The summed E-state index contributed by atoms with van der Waals surface area (Å²) >= 11 is 0. The molecule has 0 saturated heterocycles. The Hall–Kier alpha value is -1.64. The highest BCUT2D eigenvalue weighted by molar-refractivity contribution is 14.0. The Morgan fingerprint density at radius 1 is 1.19 bits per heavy atom. The molecule has 0 atom stereocenters. The van der Waals surface area contributed by atoms with Crippen LogP contribution >= 0.6 is 24.0 Å². The first-order chi connectivity index (χ1) is 12.3. The Labute approximate surface area is 172 Å². The molecule has 0 saturated carbocycles. The second-order valence-corrected chi connectivity index (χ2v) is 6.53. The van der Waals surface area contributed by atoms with Gasteiger partial charge in [0.2, 0.25) is 0 Å². The van der Waals surface area contributed by atoms with Crippen molar-refractivity contribution in [3.8, 4) is 0 Å². The largest absolute Gasteiger partial charge is 0.357 e. The molecule has 0 bridgehead atoms. The van der Waals surface area contributed by atoms with Crippen molar-refractivity contribution in [2.75, 3.05) is 6.54 Å². The highest BCUT2D eigenvalue weighted by Gasteiger charge is 2.14. The molecule has 26 heavy (non-hydrogen) atoms. The molecule has 1 aromatic carbocycles. The summed E-state index contributed by atoms with van der Waals surface area (Å²) in [7, 11) is 0. The van der Waals surface area contributed by atoms with Crippen LogP contribution in [0.25, 0.3) is 0 Å². The minimum atomic E-state index is 0. The van der Waals surface area contributed by atoms with Crippen LogP contribution in [0.2, 0.25) is 0 Å². The van der Waals surface area contributed by atoms with Crippen molar-refractivity contribution >= 4 is 29.9 Å². The lowest BCUT2D eigenvalue weighted by Crippen LogP contribution is -2.37. The molecule has 1 aliphatic rings. The number of benzene rings is 1. The lowest BCUT2D eigenvalue weighted by atomic mass is 10.1. The normalized spacial score (nSPS) is 14.2. The van der Waals surface area contributed by atoms with Crippen LogP contribution in [-0.2, 0) is 26.1 Å². The number of hydrogen-bond acceptors (Lipinski definition) is 3. The van der Waals surface area contributed by atoms with Crippen molar-refractivity contribution in [1.82, 2.24) is 25.4 Å². The molecule has 142 valence electrons. The number of fused-ring (bicyclic) bond motifs is 1. The molecule has 0 spiro atoms. The van der Waals surface area contributed by atoms with E-state index in [1.807, 2.05) is 0 Å². The van der Waals surface area contributed by atoms with Gasteiger partial charge in [-0.3, -0.25) is 0 Å². The van der Waals surface area contributed by atoms with E-state index >= 15 is 0 Å². The quantitative estimate of drug-likeness (QED) is 0.402. The molecule has 1 aromatic heterocycles. The van der Waals surface area contributed by atoms with Gasteiger partial charge in [-0.05, 0) is 32.3 Å². The summed E-state index contributed by atoms with van der Waals surface area (Å²) < 4.78 is 2.27. The summed E-state index contributed by atoms with van der Waals surface area (Å²) in [5, 5.41) is 15.4. The number of halogens is 1. The van der Waals surface area contributed by atoms with Crippen LogP contribution in [0.15, 0.2) is 29.3 Å². The van der Waals surface area contributed by atoms with E-state index in [1.54, 1.807) is 0 Å². The van der Waals surface area contributed by atoms with E-state index in [2.05, 4.69) is 63.5 Å². The van der Waals surface area contributed by atoms with E-state index in [0.717, 1.165) is 37.1 Å². The van der Waals surface area contributed by atoms with Gasteiger partial charge >= 0.3 is 0 Å². The Bertz CT molecular complexity index is 725. The van der Waals surface area contributed by atoms with Crippen LogP contribution in [-0.4, -0.2) is 27.3 Å². The molecule has 2 N–H and O–H groups in total. The van der Waals surface area contributed by atoms with Crippen LogP contribution in [0, 0.1) is 6.92 Å². The van der Waals surface area contributed by atoms with Gasteiger partial charge in [-0.15, -0.1) is 34.2 Å². The van der Waals surface area contributed by atoms with Gasteiger partial charge in [0.15, 0.2) is 11.8 Å². The van der Waals surface area contributed by atoms with E-state index in [0.29, 0.717) is 13.1 Å².